The molecule has 1 amide bonds. The fourth-order valence-corrected chi connectivity index (χ4v) is 5.92. The Labute approximate surface area is 221 Å². The number of non-ortho nitro benzene ring substituents is 1. The van der Waals surface area contributed by atoms with Gasteiger partial charge in [-0.3, -0.25) is 14.9 Å². The molecule has 1 heterocycles. The molecule has 194 valence electrons. The molecular weight excluding hydrogens is 566 g/mol. The molecule has 4 rings (SSSR count). The summed E-state index contributed by atoms with van der Waals surface area (Å²) in [7, 11) is -2.41. The van der Waals surface area contributed by atoms with E-state index in [9.17, 15) is 23.3 Å². The van der Waals surface area contributed by atoms with Crippen molar-refractivity contribution in [3.05, 3.63) is 75.8 Å². The number of carbonyl (C=O) groups excluding carboxylic acids is 1. The minimum absolute atomic E-state index is 0.153. The van der Waals surface area contributed by atoms with Crippen molar-refractivity contribution < 1.29 is 28.0 Å². The smallest absolute Gasteiger partial charge is 0.279 e. The Morgan fingerprint density at radius 2 is 1.97 bits per heavy atom. The monoisotopic (exact) mass is 589 g/mol. The van der Waals surface area contributed by atoms with Gasteiger partial charge >= 0.3 is 0 Å². The van der Waals surface area contributed by atoms with Crippen LogP contribution in [0, 0.1) is 10.1 Å². The van der Waals surface area contributed by atoms with Crippen LogP contribution >= 0.6 is 15.9 Å². The lowest BCUT2D eigenvalue weighted by Crippen LogP contribution is -2.28. The number of aliphatic hydroxyl groups is 1. The van der Waals surface area contributed by atoms with E-state index in [1.165, 1.54) is 35.2 Å². The van der Waals surface area contributed by atoms with Crippen molar-refractivity contribution in [3.8, 4) is 5.75 Å². The van der Waals surface area contributed by atoms with E-state index in [0.717, 1.165) is 11.1 Å². The summed E-state index contributed by atoms with van der Waals surface area (Å²) in [6.07, 6.45) is 3.08. The number of carbonyl (C=O) groups is 1. The van der Waals surface area contributed by atoms with E-state index in [1.54, 1.807) is 37.5 Å². The highest BCUT2D eigenvalue weighted by molar-refractivity contribution is 9.09. The number of sulfonamides is 1. The minimum Gasteiger partial charge on any atom is -0.497 e. The standard InChI is InChI=1S/C25H24BrN3O7S/c1-36-18-5-2-16(3-6-18)4-9-24(31)28-15-17(14-26)25-20-8-7-19(37(34,35)27-10-11-30)12-21(20)22(29(32)33)13-23(25)28/h2-9,12-13,17,27,30H,10-11,14-15H2,1H3/b9-4+. The van der Waals surface area contributed by atoms with Gasteiger partial charge < -0.3 is 14.7 Å². The summed E-state index contributed by atoms with van der Waals surface area (Å²) in [5, 5.41) is 22.1. The number of nitrogens with zero attached hydrogens (tertiary/aromatic N) is 2. The number of hydrogen-bond acceptors (Lipinski definition) is 7. The van der Waals surface area contributed by atoms with E-state index < -0.39 is 14.9 Å². The van der Waals surface area contributed by atoms with E-state index in [0.29, 0.717) is 28.7 Å². The minimum atomic E-state index is -3.98. The van der Waals surface area contributed by atoms with E-state index >= 15 is 0 Å². The molecule has 1 unspecified atom stereocenters. The lowest BCUT2D eigenvalue weighted by Gasteiger charge is -2.16. The second kappa shape index (κ2) is 11.0. The second-order valence-corrected chi connectivity index (χ2v) is 10.7. The van der Waals surface area contributed by atoms with Crippen molar-refractivity contribution in [2.75, 3.05) is 37.0 Å². The Morgan fingerprint density at radius 3 is 2.59 bits per heavy atom. The van der Waals surface area contributed by atoms with Crippen molar-refractivity contribution in [3.63, 3.8) is 0 Å². The summed E-state index contributed by atoms with van der Waals surface area (Å²) < 4.78 is 32.5. The molecule has 0 aromatic heterocycles. The first-order valence-electron chi connectivity index (χ1n) is 11.2. The van der Waals surface area contributed by atoms with Crippen molar-refractivity contribution in [1.82, 2.24) is 4.72 Å². The summed E-state index contributed by atoms with van der Waals surface area (Å²) in [4.78, 5) is 26.0. The number of benzene rings is 3. The Kier molecular flexibility index (Phi) is 7.93. The van der Waals surface area contributed by atoms with Gasteiger partial charge in [-0.1, -0.05) is 34.1 Å². The number of halogens is 1. The third kappa shape index (κ3) is 5.37. The molecule has 0 saturated carbocycles. The van der Waals surface area contributed by atoms with E-state index in [-0.39, 0.29) is 40.9 Å². The molecule has 0 bridgehead atoms. The molecular formula is C25H24BrN3O7S. The molecule has 0 fully saturated rings. The van der Waals surface area contributed by atoms with E-state index in [2.05, 4.69) is 20.7 Å². The number of amides is 1. The molecule has 1 atom stereocenters. The first-order chi connectivity index (χ1) is 17.7. The van der Waals surface area contributed by atoms with Gasteiger partial charge in [0.2, 0.25) is 10.0 Å². The molecule has 3 aromatic carbocycles. The average Bonchev–Trinajstić information content (AvgIpc) is 3.29. The zero-order valence-electron chi connectivity index (χ0n) is 19.8. The molecule has 0 aliphatic carbocycles. The Hall–Kier alpha value is -3.32. The predicted molar refractivity (Wildman–Crippen MR) is 144 cm³/mol. The largest absolute Gasteiger partial charge is 0.497 e. The van der Waals surface area contributed by atoms with Gasteiger partial charge in [0.25, 0.3) is 11.6 Å². The Morgan fingerprint density at radius 1 is 1.24 bits per heavy atom. The third-order valence-corrected chi connectivity index (χ3v) is 8.35. The lowest BCUT2D eigenvalue weighted by molar-refractivity contribution is -0.383. The molecule has 3 aromatic rings. The summed E-state index contributed by atoms with van der Waals surface area (Å²) in [5.41, 5.74) is 1.64. The molecule has 0 saturated heterocycles. The number of aliphatic hydroxyl groups excluding tert-OH is 1. The van der Waals surface area contributed by atoms with Crippen LogP contribution in [0.25, 0.3) is 16.8 Å². The van der Waals surface area contributed by atoms with E-state index in [1.807, 2.05) is 0 Å². The highest BCUT2D eigenvalue weighted by Gasteiger charge is 2.35. The number of anilines is 1. The van der Waals surface area contributed by atoms with E-state index in [4.69, 9.17) is 9.84 Å². The van der Waals surface area contributed by atoms with Crippen molar-refractivity contribution in [2.24, 2.45) is 0 Å². The zero-order valence-corrected chi connectivity index (χ0v) is 22.2. The van der Waals surface area contributed by atoms with Crippen LogP contribution in [-0.4, -0.2) is 56.5 Å². The SMILES string of the molecule is COc1ccc(/C=C/C(=O)N2CC(CBr)c3c2cc([N+](=O)[O-])c2cc(S(=O)(=O)NCCO)ccc32)cc1. The second-order valence-electron chi connectivity index (χ2n) is 8.32. The quantitative estimate of drug-likeness (QED) is 0.168. The van der Waals surface area contributed by atoms with Gasteiger partial charge in [-0.2, -0.15) is 0 Å². The number of nitrogens with one attached hydrogen (secondary N) is 1. The van der Waals surface area contributed by atoms with Gasteiger partial charge in [-0.25, -0.2) is 13.1 Å². The first-order valence-corrected chi connectivity index (χ1v) is 13.9. The van der Waals surface area contributed by atoms with Gasteiger partial charge in [-0.15, -0.1) is 0 Å². The maximum absolute atomic E-state index is 13.2. The van der Waals surface area contributed by atoms with Crippen molar-refractivity contribution >= 4 is 60.1 Å². The predicted octanol–water partition coefficient (Wildman–Crippen LogP) is 3.57. The van der Waals surface area contributed by atoms with Gasteiger partial charge in [0.1, 0.15) is 5.75 Å². The fraction of sp³-hybridized carbons (Fsp3) is 0.240. The molecule has 12 heteroatoms. The zero-order chi connectivity index (χ0) is 26.7. The summed E-state index contributed by atoms with van der Waals surface area (Å²) in [6, 6.07) is 12.7. The Balaban J connectivity index is 1.78. The van der Waals surface area contributed by atoms with Crippen LogP contribution in [0.5, 0.6) is 5.75 Å². The summed E-state index contributed by atoms with van der Waals surface area (Å²) in [6.45, 7) is -0.260. The van der Waals surface area contributed by atoms with Crippen LogP contribution in [0.2, 0.25) is 0 Å². The van der Waals surface area contributed by atoms with Gasteiger partial charge in [0.15, 0.2) is 0 Å². The van der Waals surface area contributed by atoms with Gasteiger partial charge in [0.05, 0.1) is 34.6 Å². The van der Waals surface area contributed by atoms with Crippen molar-refractivity contribution in [2.45, 2.75) is 10.8 Å². The van der Waals surface area contributed by atoms with Crippen LogP contribution in [0.1, 0.15) is 17.0 Å². The molecule has 0 spiro atoms. The highest BCUT2D eigenvalue weighted by atomic mass is 79.9. The molecule has 1 aliphatic heterocycles. The van der Waals surface area contributed by atoms with Crippen molar-refractivity contribution in [1.29, 1.82) is 0 Å². The number of hydrogen-bond donors (Lipinski definition) is 2. The molecule has 0 radical (unpaired) electrons. The fourth-order valence-electron chi connectivity index (χ4n) is 4.34. The maximum atomic E-state index is 13.2. The normalized spacial score (nSPS) is 15.3. The summed E-state index contributed by atoms with van der Waals surface area (Å²) in [5.74, 6) is 0.199. The molecule has 37 heavy (non-hydrogen) atoms. The van der Waals surface area contributed by atoms with Crippen LogP contribution in [0.3, 0.4) is 0 Å². The highest BCUT2D eigenvalue weighted by Crippen LogP contribution is 2.46. The first kappa shape index (κ1) is 26.7. The average molecular weight is 590 g/mol. The van der Waals surface area contributed by atoms with Crippen LogP contribution in [0.4, 0.5) is 11.4 Å². The lowest BCUT2D eigenvalue weighted by atomic mass is 9.95. The van der Waals surface area contributed by atoms with Crippen LogP contribution in [0.15, 0.2) is 59.5 Å². The number of rotatable bonds is 9. The van der Waals surface area contributed by atoms with Crippen LogP contribution < -0.4 is 14.4 Å². The Bertz CT molecular complexity index is 1490. The van der Waals surface area contributed by atoms with Gasteiger partial charge in [0, 0.05) is 36.5 Å². The molecule has 1 aliphatic rings. The number of nitro groups is 1. The number of nitro benzene ring substituents is 1. The number of alkyl halides is 1. The number of methoxy groups -OCH3 is 1. The number of fused-ring (bicyclic) bond motifs is 3. The third-order valence-electron chi connectivity index (χ3n) is 6.11. The number of ether oxygens (including phenoxy) is 1. The summed E-state index contributed by atoms with van der Waals surface area (Å²) >= 11 is 3.49. The van der Waals surface area contributed by atoms with Crippen LogP contribution in [-0.2, 0) is 14.8 Å². The topological polar surface area (TPSA) is 139 Å². The molecule has 2 N–H and O–H groups in total. The van der Waals surface area contributed by atoms with Gasteiger partial charge in [-0.05, 0) is 46.9 Å². The molecule has 10 nitrogen and oxygen atoms in total. The maximum Gasteiger partial charge on any atom is 0.279 e.